The number of rotatable bonds is 2. The molecule has 8 nitrogen and oxygen atoms in total. The first-order chi connectivity index (χ1) is 14.4. The summed E-state index contributed by atoms with van der Waals surface area (Å²) in [5.41, 5.74) is 2.05. The molecule has 3 aliphatic rings. The molecular weight excluding hydrogens is 610 g/mol. The van der Waals surface area contributed by atoms with E-state index in [9.17, 15) is 14.4 Å². The minimum Gasteiger partial charge on any atom is -0.566 e. The Balaban J connectivity index is -0.0000000787. The first-order valence-electron chi connectivity index (χ1n) is 10.0. The maximum atomic E-state index is 11.0. The van der Waals surface area contributed by atoms with E-state index < -0.39 is 0 Å². The Kier molecular flexibility index (Phi) is 27.9. The van der Waals surface area contributed by atoms with Gasteiger partial charge in [0.1, 0.15) is 6.10 Å². The van der Waals surface area contributed by atoms with E-state index in [-0.39, 0.29) is 67.2 Å². The van der Waals surface area contributed by atoms with Crippen molar-refractivity contribution in [3.63, 3.8) is 0 Å². The zero-order valence-corrected chi connectivity index (χ0v) is 22.6. The summed E-state index contributed by atoms with van der Waals surface area (Å²) in [7, 11) is 5.72. The predicted molar refractivity (Wildman–Crippen MR) is 135 cm³/mol. The third kappa shape index (κ3) is 14.8. The average Bonchev–Trinajstić information content (AvgIpc) is 3.09. The van der Waals surface area contributed by atoms with E-state index in [0.717, 1.165) is 31.3 Å². The number of cyclic esters (lactones) is 1. The number of aliphatic hydroxyl groups excluding tert-OH is 1. The van der Waals surface area contributed by atoms with Crippen molar-refractivity contribution in [2.75, 3.05) is 34.0 Å². The van der Waals surface area contributed by atoms with E-state index in [0.29, 0.717) is 28.6 Å². The van der Waals surface area contributed by atoms with E-state index in [2.05, 4.69) is 20.9 Å². The normalized spacial score (nSPS) is 18.9. The summed E-state index contributed by atoms with van der Waals surface area (Å²) in [6, 6.07) is 0. The van der Waals surface area contributed by atoms with Crippen LogP contribution < -0.4 is 0 Å². The van der Waals surface area contributed by atoms with Gasteiger partial charge in [-0.3, -0.25) is 14.5 Å². The van der Waals surface area contributed by atoms with Crippen LogP contribution in [0, 0.1) is 19.4 Å². The Labute approximate surface area is 224 Å². The van der Waals surface area contributed by atoms with Crippen molar-refractivity contribution in [1.82, 2.24) is 4.90 Å². The van der Waals surface area contributed by atoms with Gasteiger partial charge in [-0.2, -0.15) is 6.92 Å². The van der Waals surface area contributed by atoms with Gasteiger partial charge in [0.2, 0.25) is 0 Å². The molecule has 0 saturated carbocycles. The molecule has 0 spiro atoms. The number of carbonyl (C=O) groups is 3. The Morgan fingerprint density at radius 2 is 1.59 bits per heavy atom. The van der Waals surface area contributed by atoms with Crippen LogP contribution in [-0.2, 0) is 49.7 Å². The van der Waals surface area contributed by atoms with Crippen molar-refractivity contribution < 1.29 is 56.1 Å². The summed E-state index contributed by atoms with van der Waals surface area (Å²) in [4.78, 5) is 33.5. The number of likely N-dealkylation sites (N-methyl/N-ethyl adjacent to an activating group) is 1. The molecule has 34 heavy (non-hydrogen) atoms. The standard InChI is InChI=1S/C7H9NO2.C6H12O2.C6H8O2.C2H5O.3CH4.CH3.W/c1-4-5(2)7(10)8(3)6(4)9;1-6(3-7-2)4-8-5-6;1-4-3-5(2)8-6(4)7;1-2-3;;;;;/h1-3H3;3-5H2,1-2H3;5H,1,3H2,2H3;2-3H,1H3;3*1H4;1H3;/q;;;-1;;;;-1;+2/i;;;;;;;1D;. The van der Waals surface area contributed by atoms with Crippen molar-refractivity contribution in [3.8, 4) is 0 Å². The molecule has 202 valence electrons. The molecule has 0 bridgehead atoms. The van der Waals surface area contributed by atoms with E-state index >= 15 is 0 Å². The minimum atomic E-state index is -0.238. The topological polar surface area (TPSA) is 102 Å². The smallest absolute Gasteiger partial charge is 0.566 e. The first-order valence-corrected chi connectivity index (χ1v) is 9.31. The summed E-state index contributed by atoms with van der Waals surface area (Å²) in [5.74, 6) is -0.595. The summed E-state index contributed by atoms with van der Waals surface area (Å²) >= 11 is 0. The van der Waals surface area contributed by atoms with Crippen LogP contribution >= 0.6 is 0 Å². The van der Waals surface area contributed by atoms with Gasteiger partial charge in [-0.05, 0) is 20.8 Å². The van der Waals surface area contributed by atoms with Crippen LogP contribution in [0.3, 0.4) is 0 Å². The van der Waals surface area contributed by atoms with Crippen molar-refractivity contribution in [1.29, 1.82) is 0 Å². The van der Waals surface area contributed by atoms with Crippen molar-refractivity contribution in [2.45, 2.75) is 69.4 Å². The second kappa shape index (κ2) is 22.1. The summed E-state index contributed by atoms with van der Waals surface area (Å²) in [6.07, 6.45) is 0.744. The van der Waals surface area contributed by atoms with Crippen molar-refractivity contribution in [3.05, 3.63) is 37.3 Å². The monoisotopic (exact) mass is 660 g/mol. The summed E-state index contributed by atoms with van der Waals surface area (Å²) in [6.45, 7) is 16.0. The quantitative estimate of drug-likeness (QED) is 0.197. The fraction of sp³-hybridized carbons (Fsp3) is 0.640. The molecule has 0 aromatic rings. The SMILES string of the molecule is C.C.C.C=C1CC(C)OC1=O.CC1=C(C)C(=O)N(C)C1=O.COCC1(C)COC1.C[CH-]O.[2H][CH2-].[W+2]. The number of imide groups is 1. The Hall–Kier alpha value is -1.34. The van der Waals surface area contributed by atoms with Gasteiger partial charge in [-0.25, -0.2) is 12.8 Å². The molecule has 1 N–H and O–H groups in total. The van der Waals surface area contributed by atoms with E-state index in [1.165, 1.54) is 7.05 Å². The number of ether oxygens (including phenoxy) is 3. The van der Waals surface area contributed by atoms with Crippen LogP contribution in [0.5, 0.6) is 0 Å². The molecule has 0 aromatic carbocycles. The van der Waals surface area contributed by atoms with Crippen LogP contribution in [0.4, 0.5) is 0 Å². The molecule has 2 saturated heterocycles. The molecular formula is C25H49NO7W. The summed E-state index contributed by atoms with van der Waals surface area (Å²) < 4.78 is 20.2. The molecule has 2 amide bonds. The van der Waals surface area contributed by atoms with Gasteiger partial charge in [0.25, 0.3) is 11.8 Å². The van der Waals surface area contributed by atoms with Crippen LogP contribution in [0.1, 0.15) is 64.7 Å². The number of nitrogens with zero attached hydrogens (tertiary/aromatic N) is 1. The van der Waals surface area contributed by atoms with Crippen LogP contribution in [0.15, 0.2) is 23.3 Å². The number of carbonyl (C=O) groups excluding carboxylic acids is 3. The van der Waals surface area contributed by atoms with E-state index in [1.807, 2.05) is 6.92 Å². The number of hydrogen-bond donors (Lipinski definition) is 1. The molecule has 1 unspecified atom stereocenters. The molecule has 0 aromatic heterocycles. The fourth-order valence-corrected chi connectivity index (χ4v) is 2.54. The minimum absolute atomic E-state index is 0. The number of amides is 2. The maximum absolute atomic E-state index is 11.0. The molecule has 3 heterocycles. The number of esters is 1. The van der Waals surface area contributed by atoms with Crippen LogP contribution in [-0.4, -0.2) is 67.9 Å². The third-order valence-electron chi connectivity index (χ3n) is 4.34. The Morgan fingerprint density at radius 3 is 1.68 bits per heavy atom. The van der Waals surface area contributed by atoms with Gasteiger partial charge in [0.15, 0.2) is 0 Å². The molecule has 0 aliphatic carbocycles. The van der Waals surface area contributed by atoms with Gasteiger partial charge in [0.05, 0.1) is 19.8 Å². The zero-order chi connectivity index (χ0) is 24.8. The van der Waals surface area contributed by atoms with E-state index in [1.54, 1.807) is 27.9 Å². The molecule has 1 atom stereocenters. The Morgan fingerprint density at radius 1 is 1.21 bits per heavy atom. The Bertz CT molecular complexity index is 610. The molecule has 9 heteroatoms. The predicted octanol–water partition coefficient (Wildman–Crippen LogP) is 4.77. The van der Waals surface area contributed by atoms with Gasteiger partial charge in [0, 0.05) is 42.7 Å². The van der Waals surface area contributed by atoms with Crippen LogP contribution in [0.2, 0.25) is 0 Å². The molecule has 0 radical (unpaired) electrons. The van der Waals surface area contributed by atoms with Gasteiger partial charge in [-0.1, -0.05) is 35.8 Å². The summed E-state index contributed by atoms with van der Waals surface area (Å²) in [5, 5.41) is 7.44. The molecule has 3 rings (SSSR count). The van der Waals surface area contributed by atoms with Gasteiger partial charge >= 0.3 is 27.0 Å². The van der Waals surface area contributed by atoms with E-state index in [4.69, 9.17) is 20.7 Å². The van der Waals surface area contributed by atoms with Crippen molar-refractivity contribution in [2.24, 2.45) is 5.41 Å². The average molecular weight is 661 g/mol. The van der Waals surface area contributed by atoms with Gasteiger partial charge in [-0.15, -0.1) is 0 Å². The molecule has 3 aliphatic heterocycles. The van der Waals surface area contributed by atoms with Crippen LogP contribution in [0.25, 0.3) is 0 Å². The third-order valence-corrected chi connectivity index (χ3v) is 4.34. The fourth-order valence-electron chi connectivity index (χ4n) is 2.54. The second-order valence-corrected chi connectivity index (χ2v) is 7.44. The maximum Gasteiger partial charge on any atom is 2.00 e. The number of hydrogen-bond acceptors (Lipinski definition) is 7. The van der Waals surface area contributed by atoms with Gasteiger partial charge < -0.3 is 26.7 Å². The van der Waals surface area contributed by atoms with Crippen molar-refractivity contribution >= 4 is 17.8 Å². The zero-order valence-electron chi connectivity index (χ0n) is 20.6. The number of aliphatic hydroxyl groups is 1. The molecule has 2 fully saturated rings. The number of methoxy groups -OCH3 is 1. The first kappa shape index (κ1) is 42.8. The largest absolute Gasteiger partial charge is 2.00 e. The second-order valence-electron chi connectivity index (χ2n) is 7.44.